The van der Waals surface area contributed by atoms with E-state index in [0.29, 0.717) is 12.8 Å². The van der Waals surface area contributed by atoms with Gasteiger partial charge in [0.25, 0.3) is 0 Å². The average Bonchev–Trinajstić information content (AvgIpc) is 3.08. The second kappa shape index (κ2) is 29.3. The molecule has 0 aliphatic heterocycles. The third-order valence-corrected chi connectivity index (χ3v) is 9.84. The van der Waals surface area contributed by atoms with Gasteiger partial charge in [-0.05, 0) is 25.3 Å². The van der Waals surface area contributed by atoms with Crippen molar-refractivity contribution in [2.45, 2.75) is 220 Å². The third kappa shape index (κ3) is 38.7. The zero-order valence-electron chi connectivity index (χ0n) is 35.2. The first-order valence-corrected chi connectivity index (χ1v) is 23.7. The molecule has 0 radical (unpaired) electrons. The molecule has 0 amide bonds. The summed E-state index contributed by atoms with van der Waals surface area (Å²) in [5.41, 5.74) is 3.36. The number of hydrogen-bond acceptors (Lipinski definition) is 4. The van der Waals surface area contributed by atoms with Gasteiger partial charge in [0.15, 0.2) is 24.6 Å². The Balaban J connectivity index is 0.00000377. The number of nitrogens with zero attached hydrogens (tertiary/aromatic N) is 1. The molecule has 326 valence electrons. The zero-order valence-corrected chi connectivity index (χ0v) is 36.1. The number of hydrogen-bond donors (Lipinski definition) is 0. The van der Waals surface area contributed by atoms with E-state index in [2.05, 4.69) is 51.3 Å². The molecule has 0 N–H and O–H groups in total. The van der Waals surface area contributed by atoms with Crippen molar-refractivity contribution in [2.75, 3.05) is 13.2 Å². The van der Waals surface area contributed by atoms with E-state index in [4.69, 9.17) is 9.47 Å². The average molecular weight is 818 g/mol. The first-order valence-electron chi connectivity index (χ1n) is 21.7. The van der Waals surface area contributed by atoms with Crippen molar-refractivity contribution in [3.05, 3.63) is 29.1 Å². The summed E-state index contributed by atoms with van der Waals surface area (Å²) in [7, 11) is -10.7. The van der Waals surface area contributed by atoms with Gasteiger partial charge in [-0.1, -0.05) is 168 Å². The summed E-state index contributed by atoms with van der Waals surface area (Å²) in [6.07, 6.45) is 34.4. The molecule has 0 aromatic carbocycles. The van der Waals surface area contributed by atoms with E-state index in [1.165, 1.54) is 147 Å². The van der Waals surface area contributed by atoms with Crippen molar-refractivity contribution in [3.8, 4) is 0 Å². The molecular formula is C43H78F6NO4P. The van der Waals surface area contributed by atoms with Gasteiger partial charge in [0.05, 0.1) is 0 Å². The van der Waals surface area contributed by atoms with Gasteiger partial charge in [0.2, 0.25) is 6.04 Å². The predicted molar refractivity (Wildman–Crippen MR) is 216 cm³/mol. The number of rotatable bonds is 33. The normalized spacial score (nSPS) is 12.9. The molecule has 0 aliphatic carbocycles. The number of aromatic nitrogens is 1. The van der Waals surface area contributed by atoms with Crippen molar-refractivity contribution in [2.24, 2.45) is 0 Å². The number of ether oxygens (including phenoxy) is 2. The van der Waals surface area contributed by atoms with Crippen LogP contribution >= 0.6 is 7.81 Å². The molecule has 0 aliphatic rings. The quantitative estimate of drug-likeness (QED) is 0.0233. The first-order chi connectivity index (χ1) is 25.8. The maximum atomic E-state index is 12.7. The topological polar surface area (TPSA) is 56.5 Å². The molecule has 0 unspecified atom stereocenters. The Kier molecular flexibility index (Phi) is 28.3. The van der Waals surface area contributed by atoms with E-state index in [1.54, 1.807) is 0 Å². The molecule has 0 spiro atoms. The van der Waals surface area contributed by atoms with Gasteiger partial charge in [0.1, 0.15) is 0 Å². The van der Waals surface area contributed by atoms with Crippen molar-refractivity contribution < 1.29 is 48.8 Å². The molecule has 0 saturated carbocycles. The molecule has 0 saturated heterocycles. The van der Waals surface area contributed by atoms with E-state index in [9.17, 15) is 34.8 Å². The van der Waals surface area contributed by atoms with E-state index in [0.717, 1.165) is 37.1 Å². The van der Waals surface area contributed by atoms with Crippen LogP contribution in [0.1, 0.15) is 217 Å². The van der Waals surface area contributed by atoms with Crippen LogP contribution in [0.25, 0.3) is 0 Å². The number of esters is 2. The predicted octanol–water partition coefficient (Wildman–Crippen LogP) is 15.9. The van der Waals surface area contributed by atoms with Crippen molar-refractivity contribution >= 4 is 19.7 Å². The summed E-state index contributed by atoms with van der Waals surface area (Å²) in [5, 5.41) is 0. The molecular weight excluding hydrogens is 739 g/mol. The molecule has 5 nitrogen and oxygen atoms in total. The number of carbonyl (C=O) groups is 2. The standard InChI is InChI=1S/C43H78NO4.F6P/c1-6-8-10-12-14-16-18-20-22-24-26-28-30-32-42(45)47-36-41(44-39(4)34-38(3)35-40(44)5)37-48-43(46)33-31-29-27-25-23-21-19-17-15-13-11-9-7-2;1-7(2,3,4,5)6/h34-35,41H,6-33,36-37H2,1-5H3;/q+1;-1. The van der Waals surface area contributed by atoms with Gasteiger partial charge in [0, 0.05) is 38.8 Å². The van der Waals surface area contributed by atoms with Crippen LogP contribution in [0.2, 0.25) is 0 Å². The Morgan fingerprint density at radius 2 is 0.727 bits per heavy atom. The van der Waals surface area contributed by atoms with Crippen LogP contribution in [0.5, 0.6) is 0 Å². The minimum atomic E-state index is -10.7. The summed E-state index contributed by atoms with van der Waals surface area (Å²) >= 11 is 0. The second-order valence-corrected chi connectivity index (χ2v) is 17.6. The van der Waals surface area contributed by atoms with Crippen LogP contribution in [-0.4, -0.2) is 25.2 Å². The van der Waals surface area contributed by atoms with E-state index in [-0.39, 0.29) is 31.2 Å². The van der Waals surface area contributed by atoms with Crippen LogP contribution in [0.4, 0.5) is 25.2 Å². The molecule has 0 fully saturated rings. The van der Waals surface area contributed by atoms with Gasteiger partial charge in [-0.2, -0.15) is 4.57 Å². The van der Waals surface area contributed by atoms with Crippen LogP contribution in [0.15, 0.2) is 12.1 Å². The van der Waals surface area contributed by atoms with Gasteiger partial charge >= 0.3 is 44.9 Å². The van der Waals surface area contributed by atoms with Crippen molar-refractivity contribution in [3.63, 3.8) is 0 Å². The van der Waals surface area contributed by atoms with Crippen LogP contribution in [0.3, 0.4) is 0 Å². The second-order valence-electron chi connectivity index (χ2n) is 15.6. The van der Waals surface area contributed by atoms with Crippen LogP contribution < -0.4 is 4.57 Å². The Bertz CT molecular complexity index is 1070. The molecule has 0 bridgehead atoms. The maximum absolute atomic E-state index is 12.7. The van der Waals surface area contributed by atoms with Gasteiger partial charge in [-0.3, -0.25) is 9.59 Å². The summed E-state index contributed by atoms with van der Waals surface area (Å²) in [4.78, 5) is 25.3. The number of unbranched alkanes of at least 4 members (excludes halogenated alkanes) is 24. The summed E-state index contributed by atoms with van der Waals surface area (Å²) < 4.78 is 72.9. The van der Waals surface area contributed by atoms with E-state index < -0.39 is 7.81 Å². The Labute approximate surface area is 330 Å². The Morgan fingerprint density at radius 1 is 0.491 bits per heavy atom. The molecule has 12 heteroatoms. The number of carbonyl (C=O) groups excluding carboxylic acids is 2. The molecule has 55 heavy (non-hydrogen) atoms. The molecule has 0 atom stereocenters. The summed E-state index contributed by atoms with van der Waals surface area (Å²) in [5.74, 6) is -0.297. The third-order valence-electron chi connectivity index (χ3n) is 9.84. The van der Waals surface area contributed by atoms with E-state index >= 15 is 0 Å². The van der Waals surface area contributed by atoms with Gasteiger partial charge < -0.3 is 9.47 Å². The summed E-state index contributed by atoms with van der Waals surface area (Å²) in [6, 6.07) is 4.03. The first kappa shape index (κ1) is 53.1. The molecule has 1 aromatic rings. The Morgan fingerprint density at radius 3 is 0.982 bits per heavy atom. The van der Waals surface area contributed by atoms with Gasteiger partial charge in [-0.25, -0.2) is 0 Å². The number of halogens is 6. The fourth-order valence-electron chi connectivity index (χ4n) is 6.99. The minimum absolute atomic E-state index is 0.149. The number of pyridine rings is 1. The van der Waals surface area contributed by atoms with E-state index in [1.807, 2.05) is 0 Å². The Hall–Kier alpha value is -1.90. The summed E-state index contributed by atoms with van der Waals surface area (Å²) in [6.45, 7) is 11.2. The number of aryl methyl sites for hydroxylation is 3. The van der Waals surface area contributed by atoms with Crippen LogP contribution in [0, 0.1) is 20.8 Å². The monoisotopic (exact) mass is 818 g/mol. The molecule has 1 rings (SSSR count). The fraction of sp³-hybridized carbons (Fsp3) is 0.837. The van der Waals surface area contributed by atoms with Crippen molar-refractivity contribution in [1.29, 1.82) is 0 Å². The SMILES string of the molecule is CCCCCCCCCCCCCCCC(=O)OCC(COC(=O)CCCCCCCCCCCCCCC)[n+]1c(C)cc(C)cc1C.F[P-](F)(F)(F)(F)F. The van der Waals surface area contributed by atoms with Gasteiger partial charge in [-0.15, -0.1) is 0 Å². The fourth-order valence-corrected chi connectivity index (χ4v) is 6.99. The molecule has 1 aromatic heterocycles. The van der Waals surface area contributed by atoms with Crippen LogP contribution in [-0.2, 0) is 19.1 Å². The molecule has 1 heterocycles. The zero-order chi connectivity index (χ0) is 41.5. The van der Waals surface area contributed by atoms with Crippen molar-refractivity contribution in [1.82, 2.24) is 0 Å².